The molecule has 0 bridgehead atoms. The molecule has 0 heterocycles. The molecule has 3 saturated carbocycles. The molecule has 0 N–H and O–H groups in total. The van der Waals surface area contributed by atoms with Crippen LogP contribution < -0.4 is 0 Å². The third kappa shape index (κ3) is 1.58. The van der Waals surface area contributed by atoms with Crippen molar-refractivity contribution in [1.82, 2.24) is 0 Å². The Balaban J connectivity index is 1.54. The minimum absolute atomic E-state index is 0.117. The molecule has 0 aromatic heterocycles. The summed E-state index contributed by atoms with van der Waals surface area (Å²) in [5, 5.41) is 3.18. The summed E-state index contributed by atoms with van der Waals surface area (Å²) in [6.07, 6.45) is 8.05. The second kappa shape index (κ2) is 3.30. The van der Waals surface area contributed by atoms with Crippen LogP contribution in [0.5, 0.6) is 0 Å². The first-order valence-electron chi connectivity index (χ1n) is 5.83. The van der Waals surface area contributed by atoms with Gasteiger partial charge in [-0.1, -0.05) is 5.18 Å². The Bertz CT molecular complexity index is 225. The quantitative estimate of drug-likeness (QED) is 0.649. The Kier molecular flexibility index (Phi) is 2.08. The molecule has 14 heavy (non-hydrogen) atoms. The topological polar surface area (TPSA) is 38.7 Å². The zero-order chi connectivity index (χ0) is 9.54. The highest BCUT2D eigenvalue weighted by molar-refractivity contribution is 4.95. The summed E-state index contributed by atoms with van der Waals surface area (Å²) in [4.78, 5) is 10.4. The molecule has 0 aromatic carbocycles. The number of ether oxygens (including phenoxy) is 1. The monoisotopic (exact) mass is 195 g/mol. The third-order valence-corrected chi connectivity index (χ3v) is 4.01. The van der Waals surface area contributed by atoms with E-state index in [0.717, 1.165) is 24.7 Å². The Labute approximate surface area is 84.2 Å². The molecule has 0 radical (unpaired) electrons. The van der Waals surface area contributed by atoms with Gasteiger partial charge >= 0.3 is 0 Å². The van der Waals surface area contributed by atoms with Crippen molar-refractivity contribution in [3.8, 4) is 0 Å². The molecule has 2 atom stereocenters. The number of hydrogen-bond acceptors (Lipinski definition) is 3. The van der Waals surface area contributed by atoms with E-state index in [9.17, 15) is 4.91 Å². The smallest absolute Gasteiger partial charge is 0.0925 e. The van der Waals surface area contributed by atoms with E-state index in [0.29, 0.717) is 12.2 Å². The van der Waals surface area contributed by atoms with Crippen LogP contribution in [-0.4, -0.2) is 18.2 Å². The van der Waals surface area contributed by atoms with Gasteiger partial charge in [-0.3, -0.25) is 0 Å². The average molecular weight is 195 g/mol. The fourth-order valence-electron chi connectivity index (χ4n) is 3.20. The zero-order valence-corrected chi connectivity index (χ0v) is 8.39. The first kappa shape index (κ1) is 8.84. The highest BCUT2D eigenvalue weighted by Gasteiger charge is 2.43. The number of fused-ring (bicyclic) bond motifs is 1. The van der Waals surface area contributed by atoms with Crippen molar-refractivity contribution in [2.24, 2.45) is 17.0 Å². The molecule has 3 rings (SSSR count). The molecular weight excluding hydrogens is 178 g/mol. The average Bonchev–Trinajstić information content (AvgIpc) is 2.75. The van der Waals surface area contributed by atoms with Gasteiger partial charge in [-0.2, -0.15) is 4.91 Å². The van der Waals surface area contributed by atoms with Gasteiger partial charge in [-0.05, 0) is 50.4 Å². The van der Waals surface area contributed by atoms with E-state index >= 15 is 0 Å². The predicted octanol–water partition coefficient (Wildman–Crippen LogP) is 2.49. The van der Waals surface area contributed by atoms with Gasteiger partial charge in [0.1, 0.15) is 0 Å². The lowest BCUT2D eigenvalue weighted by Crippen LogP contribution is -2.12. The molecule has 78 valence electrons. The molecule has 3 aliphatic carbocycles. The third-order valence-electron chi connectivity index (χ3n) is 4.01. The van der Waals surface area contributed by atoms with Crippen LogP contribution in [0.4, 0.5) is 0 Å². The number of rotatable bonds is 3. The SMILES string of the molecule is O=NC1CC2CC(OC3CC3)CC2C1. The standard InChI is InChI=1S/C11H17NO2/c13-12-9-3-7-5-11(6-8(7)4-9)14-10-1-2-10/h7-11H,1-6H2. The van der Waals surface area contributed by atoms with Crippen molar-refractivity contribution >= 4 is 0 Å². The van der Waals surface area contributed by atoms with E-state index in [2.05, 4.69) is 5.18 Å². The number of nitroso groups, excluding NO2 is 1. The number of nitrogens with zero attached hydrogens (tertiary/aromatic N) is 1. The largest absolute Gasteiger partial charge is 0.375 e. The van der Waals surface area contributed by atoms with Crippen LogP contribution in [0, 0.1) is 16.7 Å². The normalized spacial score (nSPS) is 46.6. The van der Waals surface area contributed by atoms with Crippen molar-refractivity contribution in [1.29, 1.82) is 0 Å². The maximum atomic E-state index is 10.4. The van der Waals surface area contributed by atoms with Crippen molar-refractivity contribution < 1.29 is 4.74 Å². The lowest BCUT2D eigenvalue weighted by atomic mass is 10.0. The summed E-state index contributed by atoms with van der Waals surface area (Å²) in [5.74, 6) is 1.47. The fraction of sp³-hybridized carbons (Fsp3) is 1.00. The molecule has 0 spiro atoms. The molecule has 0 saturated heterocycles. The highest BCUT2D eigenvalue weighted by atomic mass is 16.5. The zero-order valence-electron chi connectivity index (χ0n) is 8.39. The molecule has 3 aliphatic rings. The van der Waals surface area contributed by atoms with Crippen LogP contribution in [0.25, 0.3) is 0 Å². The summed E-state index contributed by atoms with van der Waals surface area (Å²) in [7, 11) is 0. The molecule has 2 unspecified atom stereocenters. The minimum Gasteiger partial charge on any atom is -0.375 e. The maximum absolute atomic E-state index is 10.4. The summed E-state index contributed by atoms with van der Waals surface area (Å²) in [6.45, 7) is 0. The molecule has 3 fully saturated rings. The number of hydrogen-bond donors (Lipinski definition) is 0. The summed E-state index contributed by atoms with van der Waals surface area (Å²) in [5.41, 5.74) is 0. The summed E-state index contributed by atoms with van der Waals surface area (Å²) < 4.78 is 5.92. The van der Waals surface area contributed by atoms with Gasteiger partial charge in [-0.15, -0.1) is 0 Å². The van der Waals surface area contributed by atoms with Crippen LogP contribution >= 0.6 is 0 Å². The van der Waals surface area contributed by atoms with Crippen LogP contribution in [0.2, 0.25) is 0 Å². The summed E-state index contributed by atoms with van der Waals surface area (Å²) >= 11 is 0. The second-order valence-corrected chi connectivity index (χ2v) is 5.18. The van der Waals surface area contributed by atoms with Gasteiger partial charge < -0.3 is 4.74 Å². The van der Waals surface area contributed by atoms with Crippen molar-refractivity contribution in [2.75, 3.05) is 0 Å². The van der Waals surface area contributed by atoms with E-state index in [1.165, 1.54) is 25.7 Å². The molecule has 0 amide bonds. The van der Waals surface area contributed by atoms with Crippen LogP contribution in [0.1, 0.15) is 38.5 Å². The molecule has 0 aliphatic heterocycles. The Morgan fingerprint density at radius 1 is 0.929 bits per heavy atom. The first-order valence-corrected chi connectivity index (χ1v) is 5.83. The minimum atomic E-state index is 0.117. The lowest BCUT2D eigenvalue weighted by molar-refractivity contribution is 0.0391. The maximum Gasteiger partial charge on any atom is 0.0925 e. The summed E-state index contributed by atoms with van der Waals surface area (Å²) in [6, 6.07) is 0.117. The van der Waals surface area contributed by atoms with Gasteiger partial charge in [0.05, 0.1) is 18.2 Å². The van der Waals surface area contributed by atoms with Gasteiger partial charge in [0.25, 0.3) is 0 Å². The fourth-order valence-corrected chi connectivity index (χ4v) is 3.20. The van der Waals surface area contributed by atoms with Crippen LogP contribution in [0.15, 0.2) is 5.18 Å². The van der Waals surface area contributed by atoms with Crippen LogP contribution in [-0.2, 0) is 4.74 Å². The predicted molar refractivity (Wildman–Crippen MR) is 52.9 cm³/mol. The van der Waals surface area contributed by atoms with Gasteiger partial charge in [0.2, 0.25) is 0 Å². The van der Waals surface area contributed by atoms with Crippen molar-refractivity contribution in [3.05, 3.63) is 4.91 Å². The Morgan fingerprint density at radius 2 is 1.57 bits per heavy atom. The van der Waals surface area contributed by atoms with E-state index < -0.39 is 0 Å². The van der Waals surface area contributed by atoms with Crippen LogP contribution in [0.3, 0.4) is 0 Å². The van der Waals surface area contributed by atoms with E-state index in [1.807, 2.05) is 0 Å². The Hall–Kier alpha value is -0.440. The van der Waals surface area contributed by atoms with Gasteiger partial charge in [-0.25, -0.2) is 0 Å². The molecular formula is C11H17NO2. The first-order chi connectivity index (χ1) is 6.85. The Morgan fingerprint density at radius 3 is 2.07 bits per heavy atom. The van der Waals surface area contributed by atoms with Crippen molar-refractivity contribution in [3.63, 3.8) is 0 Å². The molecule has 3 nitrogen and oxygen atoms in total. The van der Waals surface area contributed by atoms with Gasteiger partial charge in [0.15, 0.2) is 0 Å². The molecule has 0 aromatic rings. The van der Waals surface area contributed by atoms with E-state index in [-0.39, 0.29) is 6.04 Å². The van der Waals surface area contributed by atoms with Gasteiger partial charge in [0, 0.05) is 0 Å². The van der Waals surface area contributed by atoms with E-state index in [4.69, 9.17) is 4.74 Å². The second-order valence-electron chi connectivity index (χ2n) is 5.18. The van der Waals surface area contributed by atoms with Crippen molar-refractivity contribution in [2.45, 2.75) is 56.8 Å². The lowest BCUT2D eigenvalue weighted by Gasteiger charge is -2.12. The molecule has 3 heteroatoms. The van der Waals surface area contributed by atoms with E-state index in [1.54, 1.807) is 0 Å². The highest BCUT2D eigenvalue weighted by Crippen LogP contribution is 2.47.